The predicted octanol–water partition coefficient (Wildman–Crippen LogP) is 5.13. The Bertz CT molecular complexity index is 801. The Kier molecular flexibility index (Phi) is 4.42. The van der Waals surface area contributed by atoms with Gasteiger partial charge in [-0.2, -0.15) is 0 Å². The summed E-state index contributed by atoms with van der Waals surface area (Å²) in [6.45, 7) is 3.71. The van der Waals surface area contributed by atoms with Crippen LogP contribution in [0.4, 0.5) is 0 Å². The molecule has 3 aromatic rings. The van der Waals surface area contributed by atoms with Gasteiger partial charge >= 0.3 is 5.97 Å². The minimum atomic E-state index is -0.391. The molecule has 0 radical (unpaired) electrons. The number of carbonyl (C=O) groups excluding carboxylic acids is 1. The number of hydrogen-bond donors (Lipinski definition) is 0. The van der Waals surface area contributed by atoms with Crippen molar-refractivity contribution in [2.24, 2.45) is 5.92 Å². The van der Waals surface area contributed by atoms with Gasteiger partial charge < -0.3 is 4.74 Å². The van der Waals surface area contributed by atoms with Crippen molar-refractivity contribution in [3.05, 3.63) is 83.9 Å². The van der Waals surface area contributed by atoms with Gasteiger partial charge in [-0.25, -0.2) is 0 Å². The molecule has 0 bridgehead atoms. The fourth-order valence-corrected chi connectivity index (χ4v) is 2.67. The molecular formula is C21H20O2. The molecule has 1 atom stereocenters. The summed E-state index contributed by atoms with van der Waals surface area (Å²) < 4.78 is 5.85. The van der Waals surface area contributed by atoms with Crippen molar-refractivity contribution in [2.75, 3.05) is 0 Å². The van der Waals surface area contributed by atoms with E-state index in [9.17, 15) is 4.79 Å². The zero-order chi connectivity index (χ0) is 16.2. The van der Waals surface area contributed by atoms with Crippen molar-refractivity contribution in [3.8, 4) is 0 Å². The maximum absolute atomic E-state index is 12.2. The predicted molar refractivity (Wildman–Crippen MR) is 93.2 cm³/mol. The highest BCUT2D eigenvalue weighted by Gasteiger charge is 2.22. The van der Waals surface area contributed by atoms with Gasteiger partial charge in [-0.05, 0) is 16.3 Å². The normalized spacial score (nSPS) is 12.3. The first-order chi connectivity index (χ1) is 11.2. The molecule has 0 heterocycles. The number of rotatable bonds is 4. The molecule has 0 amide bonds. The smallest absolute Gasteiger partial charge is 0.309 e. The van der Waals surface area contributed by atoms with Crippen molar-refractivity contribution in [3.63, 3.8) is 0 Å². The molecule has 0 aliphatic rings. The molecule has 0 aliphatic heterocycles. The van der Waals surface area contributed by atoms with E-state index >= 15 is 0 Å². The number of ether oxygens (including phenoxy) is 1. The van der Waals surface area contributed by atoms with Crippen LogP contribution in [0.1, 0.15) is 31.1 Å². The van der Waals surface area contributed by atoms with Crippen LogP contribution in [0.2, 0.25) is 0 Å². The lowest BCUT2D eigenvalue weighted by Crippen LogP contribution is -2.17. The van der Waals surface area contributed by atoms with E-state index in [1.54, 1.807) is 0 Å². The van der Waals surface area contributed by atoms with E-state index in [4.69, 9.17) is 4.74 Å². The summed E-state index contributed by atoms with van der Waals surface area (Å²) in [7, 11) is 0. The minimum absolute atomic E-state index is 0.156. The minimum Gasteiger partial charge on any atom is -0.452 e. The van der Waals surface area contributed by atoms with Crippen molar-refractivity contribution in [1.29, 1.82) is 0 Å². The topological polar surface area (TPSA) is 26.3 Å². The first-order valence-corrected chi connectivity index (χ1v) is 7.90. The van der Waals surface area contributed by atoms with Crippen molar-refractivity contribution >= 4 is 16.7 Å². The summed E-state index contributed by atoms with van der Waals surface area (Å²) in [5, 5.41) is 2.26. The lowest BCUT2D eigenvalue weighted by Gasteiger charge is -2.21. The third kappa shape index (κ3) is 3.26. The van der Waals surface area contributed by atoms with Gasteiger partial charge in [0, 0.05) is 5.56 Å². The molecule has 0 saturated carbocycles. The monoisotopic (exact) mass is 304 g/mol. The Morgan fingerprint density at radius 1 is 0.826 bits per heavy atom. The van der Waals surface area contributed by atoms with Crippen LogP contribution >= 0.6 is 0 Å². The van der Waals surface area contributed by atoms with E-state index in [2.05, 4.69) is 18.2 Å². The van der Waals surface area contributed by atoms with Gasteiger partial charge in [0.25, 0.3) is 0 Å². The molecule has 0 saturated heterocycles. The van der Waals surface area contributed by atoms with Crippen LogP contribution in [-0.4, -0.2) is 5.97 Å². The molecule has 0 aliphatic carbocycles. The van der Waals surface area contributed by atoms with Gasteiger partial charge in [-0.1, -0.05) is 86.6 Å². The van der Waals surface area contributed by atoms with Crippen LogP contribution in [0.3, 0.4) is 0 Å². The maximum Gasteiger partial charge on any atom is 0.309 e. The van der Waals surface area contributed by atoms with Crippen LogP contribution in [-0.2, 0) is 9.53 Å². The van der Waals surface area contributed by atoms with Gasteiger partial charge in [0.2, 0.25) is 0 Å². The fourth-order valence-electron chi connectivity index (χ4n) is 2.67. The Hall–Kier alpha value is -2.61. The molecule has 1 unspecified atom stereocenters. The van der Waals surface area contributed by atoms with E-state index < -0.39 is 6.10 Å². The van der Waals surface area contributed by atoms with Gasteiger partial charge in [0.15, 0.2) is 6.10 Å². The lowest BCUT2D eigenvalue weighted by molar-refractivity contribution is -0.151. The molecule has 116 valence electrons. The first kappa shape index (κ1) is 15.3. The number of benzene rings is 3. The second-order valence-corrected chi connectivity index (χ2v) is 5.95. The molecule has 3 aromatic carbocycles. The summed E-state index contributed by atoms with van der Waals surface area (Å²) in [5.74, 6) is -0.344. The molecule has 23 heavy (non-hydrogen) atoms. The summed E-state index contributed by atoms with van der Waals surface area (Å²) in [5.41, 5.74) is 2.00. The van der Waals surface area contributed by atoms with Crippen LogP contribution in [0.25, 0.3) is 10.8 Å². The summed E-state index contributed by atoms with van der Waals surface area (Å²) >= 11 is 0. The van der Waals surface area contributed by atoms with Crippen LogP contribution in [0, 0.1) is 5.92 Å². The third-order valence-corrected chi connectivity index (χ3v) is 3.91. The van der Waals surface area contributed by atoms with E-state index in [-0.39, 0.29) is 11.9 Å². The van der Waals surface area contributed by atoms with Gasteiger partial charge in [0.1, 0.15) is 0 Å². The van der Waals surface area contributed by atoms with Crippen LogP contribution in [0.5, 0.6) is 0 Å². The molecule has 2 heteroatoms. The summed E-state index contributed by atoms with van der Waals surface area (Å²) in [6, 6.07) is 24.2. The Balaban J connectivity index is 2.12. The maximum atomic E-state index is 12.2. The van der Waals surface area contributed by atoms with E-state index in [0.717, 1.165) is 21.9 Å². The molecule has 2 nitrogen and oxygen atoms in total. The number of hydrogen-bond acceptors (Lipinski definition) is 2. The molecular weight excluding hydrogens is 284 g/mol. The third-order valence-electron chi connectivity index (χ3n) is 3.91. The van der Waals surface area contributed by atoms with E-state index in [1.807, 2.05) is 68.4 Å². The van der Waals surface area contributed by atoms with Gasteiger partial charge in [0.05, 0.1) is 5.92 Å². The van der Waals surface area contributed by atoms with Crippen molar-refractivity contribution < 1.29 is 9.53 Å². The zero-order valence-corrected chi connectivity index (χ0v) is 13.4. The Morgan fingerprint density at radius 3 is 2.22 bits per heavy atom. The highest BCUT2D eigenvalue weighted by molar-refractivity contribution is 5.86. The van der Waals surface area contributed by atoms with E-state index in [0.29, 0.717) is 0 Å². The lowest BCUT2D eigenvalue weighted by atomic mass is 9.95. The van der Waals surface area contributed by atoms with Crippen molar-refractivity contribution in [1.82, 2.24) is 0 Å². The number of fused-ring (bicyclic) bond motifs is 1. The molecule has 0 spiro atoms. The zero-order valence-electron chi connectivity index (χ0n) is 13.4. The fraction of sp³-hybridized carbons (Fsp3) is 0.190. The number of esters is 1. The standard InChI is InChI=1S/C21H20O2/c1-15(2)21(22)23-20(17-10-4-3-5-11-17)19-14-8-12-16-9-6-7-13-18(16)19/h3-15,20H,1-2H3. The molecule has 0 fully saturated rings. The van der Waals surface area contributed by atoms with Crippen LogP contribution in [0.15, 0.2) is 72.8 Å². The van der Waals surface area contributed by atoms with Crippen molar-refractivity contribution in [2.45, 2.75) is 20.0 Å². The number of carbonyl (C=O) groups is 1. The second-order valence-electron chi connectivity index (χ2n) is 5.95. The van der Waals surface area contributed by atoms with Gasteiger partial charge in [-0.3, -0.25) is 4.79 Å². The van der Waals surface area contributed by atoms with E-state index in [1.165, 1.54) is 0 Å². The quantitative estimate of drug-likeness (QED) is 0.625. The Labute approximate surface area is 136 Å². The van der Waals surface area contributed by atoms with Crippen LogP contribution < -0.4 is 0 Å². The summed E-state index contributed by atoms with van der Waals surface area (Å²) in [6.07, 6.45) is -0.391. The second kappa shape index (κ2) is 6.66. The highest BCUT2D eigenvalue weighted by atomic mass is 16.5. The first-order valence-electron chi connectivity index (χ1n) is 7.90. The molecule has 3 rings (SSSR count). The SMILES string of the molecule is CC(C)C(=O)OC(c1ccccc1)c1cccc2ccccc12. The van der Waals surface area contributed by atoms with Gasteiger partial charge in [-0.15, -0.1) is 0 Å². The Morgan fingerprint density at radius 2 is 1.48 bits per heavy atom. The largest absolute Gasteiger partial charge is 0.452 e. The average Bonchev–Trinajstić information content (AvgIpc) is 2.59. The average molecular weight is 304 g/mol. The molecule has 0 N–H and O–H groups in total. The molecule has 0 aromatic heterocycles. The highest BCUT2D eigenvalue weighted by Crippen LogP contribution is 2.32. The summed E-state index contributed by atoms with van der Waals surface area (Å²) in [4.78, 5) is 12.2.